The van der Waals surface area contributed by atoms with Crippen LogP contribution in [0.15, 0.2) is 60.0 Å². The highest BCUT2D eigenvalue weighted by molar-refractivity contribution is 7.14. The number of carbonyl (C=O) groups excluding carboxylic acids is 2. The number of rotatable bonds is 6. The summed E-state index contributed by atoms with van der Waals surface area (Å²) in [5.74, 6) is -0.145. The van der Waals surface area contributed by atoms with E-state index >= 15 is 0 Å². The number of methoxy groups -OCH3 is 1. The number of aromatic nitrogens is 1. The van der Waals surface area contributed by atoms with E-state index in [1.54, 1.807) is 30.7 Å². The van der Waals surface area contributed by atoms with E-state index in [4.69, 9.17) is 4.74 Å². The molecule has 1 aromatic heterocycles. The van der Waals surface area contributed by atoms with Crippen LogP contribution < -0.4 is 9.64 Å². The fourth-order valence-corrected chi connectivity index (χ4v) is 5.14. The van der Waals surface area contributed by atoms with Crippen LogP contribution >= 0.6 is 11.3 Å². The van der Waals surface area contributed by atoms with Gasteiger partial charge in [-0.3, -0.25) is 14.5 Å². The predicted octanol–water partition coefficient (Wildman–Crippen LogP) is 6.13. The average molecular weight is 494 g/mol. The van der Waals surface area contributed by atoms with E-state index in [1.165, 1.54) is 41.4 Å². The molecule has 1 unspecified atom stereocenters. The highest BCUT2D eigenvalue weighted by atomic mass is 32.1. The zero-order valence-electron chi connectivity index (χ0n) is 19.8. The number of hydrogen-bond donors (Lipinski definition) is 0. The van der Waals surface area contributed by atoms with E-state index in [9.17, 15) is 14.0 Å². The van der Waals surface area contributed by atoms with Crippen molar-refractivity contribution in [3.63, 3.8) is 0 Å². The van der Waals surface area contributed by atoms with Crippen LogP contribution in [0.25, 0.3) is 6.08 Å². The minimum atomic E-state index is -0.504. The van der Waals surface area contributed by atoms with Gasteiger partial charge in [0, 0.05) is 24.9 Å². The van der Waals surface area contributed by atoms with Gasteiger partial charge in [-0.25, -0.2) is 9.37 Å². The molecule has 6 nitrogen and oxygen atoms in total. The van der Waals surface area contributed by atoms with Crippen molar-refractivity contribution in [1.29, 1.82) is 0 Å². The molecule has 0 spiro atoms. The van der Waals surface area contributed by atoms with Gasteiger partial charge in [0.1, 0.15) is 11.6 Å². The topological polar surface area (TPSA) is 62.7 Å². The van der Waals surface area contributed by atoms with Gasteiger partial charge in [-0.15, -0.1) is 11.3 Å². The Morgan fingerprint density at radius 3 is 2.63 bits per heavy atom. The van der Waals surface area contributed by atoms with Crippen LogP contribution in [-0.2, 0) is 9.59 Å². The number of benzene rings is 2. The fourth-order valence-electron chi connectivity index (χ4n) is 4.29. The minimum Gasteiger partial charge on any atom is -0.497 e. The van der Waals surface area contributed by atoms with Crippen LogP contribution in [0.2, 0.25) is 0 Å². The smallest absolute Gasteiger partial charge is 0.247 e. The quantitative estimate of drug-likeness (QED) is 0.388. The number of ether oxygens (including phenoxy) is 1. The van der Waals surface area contributed by atoms with Gasteiger partial charge in [0.15, 0.2) is 5.13 Å². The molecule has 8 heteroatoms. The standard InChI is InChI=1S/C27H28FN3O3S/c1-19(32)31(25-10-6-5-8-23(25)28)27-29-21(18-35-27)13-16-26(33)30-17-7-3-4-9-24(30)20-11-14-22(34-2)15-12-20/h5-6,8,10-16,18,24H,3-4,7,9,17H2,1-2H3. The zero-order chi connectivity index (χ0) is 24.8. The first-order valence-corrected chi connectivity index (χ1v) is 12.5. The lowest BCUT2D eigenvalue weighted by atomic mass is 10.0. The van der Waals surface area contributed by atoms with Crippen LogP contribution in [0.4, 0.5) is 15.2 Å². The Hall–Kier alpha value is -3.52. The van der Waals surface area contributed by atoms with Crippen molar-refractivity contribution in [3.8, 4) is 5.75 Å². The van der Waals surface area contributed by atoms with Crippen LogP contribution in [0.5, 0.6) is 5.75 Å². The largest absolute Gasteiger partial charge is 0.497 e. The summed E-state index contributed by atoms with van der Waals surface area (Å²) in [5.41, 5.74) is 1.77. The van der Waals surface area contributed by atoms with Crippen molar-refractivity contribution in [2.24, 2.45) is 0 Å². The fraction of sp³-hybridized carbons (Fsp3) is 0.296. The molecule has 0 aliphatic carbocycles. The van der Waals surface area contributed by atoms with Crippen LogP contribution in [-0.4, -0.2) is 35.4 Å². The zero-order valence-corrected chi connectivity index (χ0v) is 20.6. The Morgan fingerprint density at radius 2 is 1.91 bits per heavy atom. The van der Waals surface area contributed by atoms with Crippen molar-refractivity contribution in [1.82, 2.24) is 9.88 Å². The Kier molecular flexibility index (Phi) is 7.92. The number of anilines is 2. The Labute approximate surface area is 208 Å². The van der Waals surface area contributed by atoms with Gasteiger partial charge < -0.3 is 9.64 Å². The van der Waals surface area contributed by atoms with E-state index in [-0.39, 0.29) is 23.5 Å². The summed E-state index contributed by atoms with van der Waals surface area (Å²) in [6.07, 6.45) is 7.20. The number of amides is 2. The van der Waals surface area contributed by atoms with Crippen LogP contribution in [0, 0.1) is 5.82 Å². The number of nitrogens with zero attached hydrogens (tertiary/aromatic N) is 3. The number of para-hydroxylation sites is 1. The third kappa shape index (κ3) is 5.77. The van der Waals surface area contributed by atoms with Gasteiger partial charge in [0.2, 0.25) is 11.8 Å². The van der Waals surface area contributed by atoms with Gasteiger partial charge in [-0.05, 0) is 48.7 Å². The second-order valence-electron chi connectivity index (χ2n) is 8.36. The molecule has 0 radical (unpaired) electrons. The van der Waals surface area contributed by atoms with Gasteiger partial charge in [0.05, 0.1) is 24.5 Å². The molecule has 1 aliphatic rings. The molecule has 0 saturated carbocycles. The number of thiazole rings is 1. The number of likely N-dealkylation sites (tertiary alicyclic amines) is 1. The molecule has 0 N–H and O–H groups in total. The van der Waals surface area contributed by atoms with Gasteiger partial charge in [0.25, 0.3) is 0 Å². The van der Waals surface area contributed by atoms with Gasteiger partial charge >= 0.3 is 0 Å². The summed E-state index contributed by atoms with van der Waals surface area (Å²) in [6, 6.07) is 14.0. The summed E-state index contributed by atoms with van der Waals surface area (Å²) < 4.78 is 19.6. The highest BCUT2D eigenvalue weighted by Gasteiger charge is 2.26. The molecule has 2 heterocycles. The first-order valence-electron chi connectivity index (χ1n) is 11.6. The summed E-state index contributed by atoms with van der Waals surface area (Å²) >= 11 is 1.22. The molecule has 4 rings (SSSR count). The minimum absolute atomic E-state index is 0.000751. The molecular weight excluding hydrogens is 465 g/mol. The Balaban J connectivity index is 1.53. The van der Waals surface area contributed by atoms with Crippen LogP contribution in [0.3, 0.4) is 0 Å². The van der Waals surface area contributed by atoms with Crippen molar-refractivity contribution < 1.29 is 18.7 Å². The molecule has 1 atom stereocenters. The highest BCUT2D eigenvalue weighted by Crippen LogP contribution is 2.33. The second kappa shape index (κ2) is 11.3. The summed E-state index contributed by atoms with van der Waals surface area (Å²) in [6.45, 7) is 2.05. The van der Waals surface area contributed by atoms with Gasteiger partial charge in [-0.2, -0.15) is 0 Å². The molecule has 0 bridgehead atoms. The summed E-state index contributed by atoms with van der Waals surface area (Å²) in [7, 11) is 1.64. The third-order valence-corrected chi connectivity index (χ3v) is 6.89. The second-order valence-corrected chi connectivity index (χ2v) is 9.20. The van der Waals surface area contributed by atoms with Crippen molar-refractivity contribution in [2.75, 3.05) is 18.6 Å². The predicted molar refractivity (Wildman–Crippen MR) is 136 cm³/mol. The van der Waals surface area contributed by atoms with E-state index in [2.05, 4.69) is 4.98 Å². The van der Waals surface area contributed by atoms with E-state index in [0.29, 0.717) is 17.4 Å². The normalized spacial score (nSPS) is 16.2. The summed E-state index contributed by atoms with van der Waals surface area (Å²) in [5, 5.41) is 2.10. The number of carbonyl (C=O) groups is 2. The number of halogens is 1. The molecule has 1 aliphatic heterocycles. The van der Waals surface area contributed by atoms with E-state index < -0.39 is 5.82 Å². The first-order chi connectivity index (χ1) is 17.0. The maximum absolute atomic E-state index is 14.3. The van der Waals surface area contributed by atoms with Crippen molar-refractivity contribution >= 4 is 40.0 Å². The molecule has 2 aromatic carbocycles. The Morgan fingerprint density at radius 1 is 1.14 bits per heavy atom. The number of hydrogen-bond acceptors (Lipinski definition) is 5. The molecule has 2 amide bonds. The maximum atomic E-state index is 14.3. The summed E-state index contributed by atoms with van der Waals surface area (Å²) in [4.78, 5) is 33.1. The van der Waals surface area contributed by atoms with Crippen molar-refractivity contribution in [2.45, 2.75) is 38.6 Å². The lowest BCUT2D eigenvalue weighted by Crippen LogP contribution is -2.33. The maximum Gasteiger partial charge on any atom is 0.247 e. The van der Waals surface area contributed by atoms with Crippen molar-refractivity contribution in [3.05, 3.63) is 77.1 Å². The first kappa shape index (κ1) is 24.6. The SMILES string of the molecule is COc1ccc(C2CCCCCN2C(=O)C=Cc2csc(N(C(C)=O)c3ccccc3F)n2)cc1. The average Bonchev–Trinajstić information content (AvgIpc) is 3.18. The molecule has 1 saturated heterocycles. The molecule has 3 aromatic rings. The lowest BCUT2D eigenvalue weighted by Gasteiger charge is -2.29. The molecule has 35 heavy (non-hydrogen) atoms. The van der Waals surface area contributed by atoms with Crippen LogP contribution in [0.1, 0.15) is 49.9 Å². The molecular formula is C27H28FN3O3S. The van der Waals surface area contributed by atoms with Gasteiger partial charge in [-0.1, -0.05) is 37.1 Å². The monoisotopic (exact) mass is 493 g/mol. The van der Waals surface area contributed by atoms with E-state index in [1.807, 2.05) is 29.2 Å². The Bertz CT molecular complexity index is 1210. The molecule has 182 valence electrons. The lowest BCUT2D eigenvalue weighted by molar-refractivity contribution is -0.128. The molecule has 1 fully saturated rings. The van der Waals surface area contributed by atoms with E-state index in [0.717, 1.165) is 37.0 Å². The third-order valence-electron chi connectivity index (χ3n) is 6.04.